The minimum absolute atomic E-state index is 0.236. The molecule has 0 aromatic heterocycles. The lowest BCUT2D eigenvalue weighted by molar-refractivity contribution is -0.134. The highest BCUT2D eigenvalue weighted by molar-refractivity contribution is 5.76. The van der Waals surface area contributed by atoms with Crippen LogP contribution in [0.25, 0.3) is 0 Å². The molecule has 19 heavy (non-hydrogen) atoms. The van der Waals surface area contributed by atoms with Gasteiger partial charge in [0.15, 0.2) is 0 Å². The number of methoxy groups -OCH3 is 1. The molecule has 1 unspecified atom stereocenters. The first-order chi connectivity index (χ1) is 9.12. The monoisotopic (exact) mass is 263 g/mol. The highest BCUT2D eigenvalue weighted by atomic mass is 16.5. The Kier molecular flexibility index (Phi) is 6.40. The van der Waals surface area contributed by atoms with E-state index in [1.54, 1.807) is 7.11 Å². The van der Waals surface area contributed by atoms with E-state index in [0.29, 0.717) is 13.0 Å². The maximum Gasteiger partial charge on any atom is 0.223 e. The maximum atomic E-state index is 12.2. The third-order valence-corrected chi connectivity index (χ3v) is 3.39. The molecule has 3 nitrogen and oxygen atoms in total. The number of nitrogens with zero attached hydrogens (tertiary/aromatic N) is 1. The molecule has 0 radical (unpaired) electrons. The molecular formula is C16H25NO2. The second-order valence-electron chi connectivity index (χ2n) is 4.88. The second kappa shape index (κ2) is 7.82. The Morgan fingerprint density at radius 1 is 1.37 bits per heavy atom. The largest absolute Gasteiger partial charge is 0.497 e. The van der Waals surface area contributed by atoms with Crippen molar-refractivity contribution >= 4 is 5.91 Å². The lowest BCUT2D eigenvalue weighted by atomic mass is 10.1. The lowest BCUT2D eigenvalue weighted by Gasteiger charge is -2.29. The summed E-state index contributed by atoms with van der Waals surface area (Å²) in [5.41, 5.74) is 1.11. The molecule has 106 valence electrons. The van der Waals surface area contributed by atoms with Gasteiger partial charge in [-0.1, -0.05) is 26.0 Å². The third kappa shape index (κ3) is 4.58. The van der Waals surface area contributed by atoms with Crippen molar-refractivity contribution in [1.29, 1.82) is 0 Å². The Hall–Kier alpha value is -1.51. The number of amides is 1. The first-order valence-corrected chi connectivity index (χ1v) is 7.04. The molecule has 0 heterocycles. The highest BCUT2D eigenvalue weighted by Gasteiger charge is 2.18. The van der Waals surface area contributed by atoms with Crippen molar-refractivity contribution in [2.75, 3.05) is 7.11 Å². The van der Waals surface area contributed by atoms with Gasteiger partial charge < -0.3 is 9.64 Å². The van der Waals surface area contributed by atoms with Crippen LogP contribution in [-0.4, -0.2) is 24.0 Å². The Labute approximate surface area is 116 Å². The van der Waals surface area contributed by atoms with Crippen LogP contribution in [0.15, 0.2) is 24.3 Å². The molecular weight excluding hydrogens is 238 g/mol. The second-order valence-corrected chi connectivity index (χ2v) is 4.88. The molecule has 0 saturated heterocycles. The zero-order valence-electron chi connectivity index (χ0n) is 12.5. The van der Waals surface area contributed by atoms with Crippen LogP contribution in [-0.2, 0) is 11.3 Å². The molecule has 0 aliphatic heterocycles. The molecule has 0 fully saturated rings. The first kappa shape index (κ1) is 15.5. The number of hydrogen-bond acceptors (Lipinski definition) is 2. The molecule has 1 aromatic carbocycles. The van der Waals surface area contributed by atoms with Gasteiger partial charge in [0.05, 0.1) is 7.11 Å². The van der Waals surface area contributed by atoms with Crippen LogP contribution in [0.5, 0.6) is 5.75 Å². The van der Waals surface area contributed by atoms with Crippen molar-refractivity contribution in [3.8, 4) is 5.75 Å². The third-order valence-electron chi connectivity index (χ3n) is 3.39. The van der Waals surface area contributed by atoms with Gasteiger partial charge in [0, 0.05) is 19.0 Å². The van der Waals surface area contributed by atoms with Crippen LogP contribution in [0.4, 0.5) is 0 Å². The summed E-state index contributed by atoms with van der Waals surface area (Å²) >= 11 is 0. The molecule has 1 amide bonds. The minimum atomic E-state index is 0.236. The maximum absolute atomic E-state index is 12.2. The van der Waals surface area contributed by atoms with Gasteiger partial charge in [-0.25, -0.2) is 0 Å². The summed E-state index contributed by atoms with van der Waals surface area (Å²) in [6, 6.07) is 8.19. The highest BCUT2D eigenvalue weighted by Crippen LogP contribution is 2.17. The van der Waals surface area contributed by atoms with E-state index in [4.69, 9.17) is 4.74 Å². The molecule has 1 atom stereocenters. The van der Waals surface area contributed by atoms with E-state index in [-0.39, 0.29) is 11.9 Å². The molecule has 3 heteroatoms. The number of benzene rings is 1. The number of carbonyl (C=O) groups excluding carboxylic acids is 1. The average Bonchev–Trinajstić information content (AvgIpc) is 2.44. The van der Waals surface area contributed by atoms with Gasteiger partial charge in [-0.05, 0) is 37.5 Å². The van der Waals surface area contributed by atoms with E-state index < -0.39 is 0 Å². The van der Waals surface area contributed by atoms with Crippen molar-refractivity contribution in [2.45, 2.75) is 52.6 Å². The zero-order valence-corrected chi connectivity index (χ0v) is 12.5. The fourth-order valence-corrected chi connectivity index (χ4v) is 2.04. The van der Waals surface area contributed by atoms with Crippen LogP contribution < -0.4 is 4.74 Å². The van der Waals surface area contributed by atoms with E-state index in [0.717, 1.165) is 24.2 Å². The molecule has 0 aliphatic rings. The van der Waals surface area contributed by atoms with Gasteiger partial charge in [-0.3, -0.25) is 4.79 Å². The summed E-state index contributed by atoms with van der Waals surface area (Å²) in [5, 5.41) is 0. The van der Waals surface area contributed by atoms with Gasteiger partial charge in [-0.15, -0.1) is 0 Å². The van der Waals surface area contributed by atoms with E-state index in [1.165, 1.54) is 0 Å². The van der Waals surface area contributed by atoms with Crippen LogP contribution in [0.3, 0.4) is 0 Å². The van der Waals surface area contributed by atoms with Crippen LogP contribution in [0.1, 0.15) is 45.6 Å². The van der Waals surface area contributed by atoms with Crippen molar-refractivity contribution in [3.63, 3.8) is 0 Å². The first-order valence-electron chi connectivity index (χ1n) is 7.04. The number of carbonyl (C=O) groups is 1. The molecule has 0 bridgehead atoms. The summed E-state index contributed by atoms with van der Waals surface area (Å²) in [7, 11) is 1.66. The van der Waals surface area contributed by atoms with Crippen molar-refractivity contribution < 1.29 is 9.53 Å². The molecule has 0 spiro atoms. The SMILES string of the molecule is CCCC(=O)N(Cc1cccc(OC)c1)C(C)CC. The van der Waals surface area contributed by atoms with Crippen molar-refractivity contribution in [1.82, 2.24) is 4.90 Å². The van der Waals surface area contributed by atoms with E-state index in [2.05, 4.69) is 13.8 Å². The molecule has 1 aromatic rings. The number of ether oxygens (including phenoxy) is 1. The Bertz CT molecular complexity index is 403. The summed E-state index contributed by atoms with van der Waals surface area (Å²) in [6.07, 6.45) is 2.48. The predicted molar refractivity (Wildman–Crippen MR) is 78.2 cm³/mol. The van der Waals surface area contributed by atoms with Gasteiger partial charge >= 0.3 is 0 Å². The normalized spacial score (nSPS) is 12.0. The summed E-state index contributed by atoms with van der Waals surface area (Å²) in [6.45, 7) is 6.92. The number of rotatable bonds is 7. The smallest absolute Gasteiger partial charge is 0.223 e. The zero-order chi connectivity index (χ0) is 14.3. The van der Waals surface area contributed by atoms with E-state index in [1.807, 2.05) is 36.1 Å². The molecule has 0 saturated carbocycles. The Balaban J connectivity index is 2.83. The van der Waals surface area contributed by atoms with Gasteiger partial charge in [-0.2, -0.15) is 0 Å². The quantitative estimate of drug-likeness (QED) is 0.752. The van der Waals surface area contributed by atoms with Crippen LogP contribution in [0, 0.1) is 0 Å². The van der Waals surface area contributed by atoms with E-state index >= 15 is 0 Å². The van der Waals surface area contributed by atoms with Crippen molar-refractivity contribution in [3.05, 3.63) is 29.8 Å². The minimum Gasteiger partial charge on any atom is -0.497 e. The molecule has 0 N–H and O–H groups in total. The van der Waals surface area contributed by atoms with E-state index in [9.17, 15) is 4.79 Å². The van der Waals surface area contributed by atoms with Crippen molar-refractivity contribution in [2.24, 2.45) is 0 Å². The molecule has 0 aliphatic carbocycles. The predicted octanol–water partition coefficient (Wildman–Crippen LogP) is 3.62. The van der Waals surface area contributed by atoms with Crippen LogP contribution in [0.2, 0.25) is 0 Å². The Morgan fingerprint density at radius 2 is 2.11 bits per heavy atom. The average molecular weight is 263 g/mol. The van der Waals surface area contributed by atoms with Gasteiger partial charge in [0.25, 0.3) is 0 Å². The lowest BCUT2D eigenvalue weighted by Crippen LogP contribution is -2.37. The molecule has 1 rings (SSSR count). The topological polar surface area (TPSA) is 29.5 Å². The van der Waals surface area contributed by atoms with Gasteiger partial charge in [0.2, 0.25) is 5.91 Å². The summed E-state index contributed by atoms with van der Waals surface area (Å²) < 4.78 is 5.23. The summed E-state index contributed by atoms with van der Waals surface area (Å²) in [4.78, 5) is 14.2. The number of hydrogen-bond donors (Lipinski definition) is 0. The Morgan fingerprint density at radius 3 is 2.68 bits per heavy atom. The standard InChI is InChI=1S/C16H25NO2/c1-5-8-16(18)17(13(3)6-2)12-14-9-7-10-15(11-14)19-4/h7,9-11,13H,5-6,8,12H2,1-4H3. The fraction of sp³-hybridized carbons (Fsp3) is 0.562. The fourth-order valence-electron chi connectivity index (χ4n) is 2.04. The summed E-state index contributed by atoms with van der Waals surface area (Å²) in [5.74, 6) is 1.07. The van der Waals surface area contributed by atoms with Crippen LogP contribution >= 0.6 is 0 Å². The van der Waals surface area contributed by atoms with Gasteiger partial charge in [0.1, 0.15) is 5.75 Å².